The molecule has 0 aliphatic carbocycles. The Kier molecular flexibility index (Phi) is 6.38. The number of rotatable bonds is 4. The minimum atomic E-state index is -0.269. The van der Waals surface area contributed by atoms with Crippen LogP contribution >= 0.6 is 0 Å². The van der Waals surface area contributed by atoms with E-state index in [0.29, 0.717) is 39.0 Å². The first-order valence-corrected chi connectivity index (χ1v) is 10.3. The Balaban J connectivity index is 1.44. The molecule has 2 amide bonds. The molecule has 0 aromatic heterocycles. The molecule has 5 nitrogen and oxygen atoms in total. The van der Waals surface area contributed by atoms with Gasteiger partial charge in [-0.3, -0.25) is 14.5 Å². The molecule has 0 unspecified atom stereocenters. The summed E-state index contributed by atoms with van der Waals surface area (Å²) in [6.07, 6.45) is 1.84. The maximum Gasteiger partial charge on any atom is 0.227 e. The molecule has 6 heteroatoms. The van der Waals surface area contributed by atoms with E-state index in [1.807, 2.05) is 15.9 Å². The van der Waals surface area contributed by atoms with Crippen molar-refractivity contribution in [2.24, 2.45) is 5.92 Å². The van der Waals surface area contributed by atoms with E-state index in [0.717, 1.165) is 25.1 Å². The van der Waals surface area contributed by atoms with Crippen LogP contribution in [0.5, 0.6) is 0 Å². The van der Waals surface area contributed by atoms with Gasteiger partial charge in [0.1, 0.15) is 5.82 Å². The van der Waals surface area contributed by atoms with Crippen LogP contribution in [-0.2, 0) is 16.0 Å². The summed E-state index contributed by atoms with van der Waals surface area (Å²) < 4.78 is 13.2. The Morgan fingerprint density at radius 1 is 1.07 bits per heavy atom. The summed E-state index contributed by atoms with van der Waals surface area (Å²) in [5.41, 5.74) is 0.939. The molecule has 3 rings (SSSR count). The molecule has 1 aromatic carbocycles. The average molecular weight is 390 g/mol. The van der Waals surface area contributed by atoms with Crippen molar-refractivity contribution in [1.29, 1.82) is 0 Å². The van der Waals surface area contributed by atoms with Crippen LogP contribution in [-0.4, -0.2) is 71.3 Å². The molecule has 1 aromatic rings. The van der Waals surface area contributed by atoms with E-state index in [9.17, 15) is 14.0 Å². The zero-order valence-electron chi connectivity index (χ0n) is 17.3. The van der Waals surface area contributed by atoms with Gasteiger partial charge in [-0.1, -0.05) is 12.1 Å². The topological polar surface area (TPSA) is 43.9 Å². The standard InChI is InChI=1S/C22H32FN3O2/c1-22(2,3)26-10-9-18(16-26)21(28)25-13-11-24(12-14-25)20(27)8-7-17-5-4-6-19(23)15-17/h4-6,15,18H,7-14,16H2,1-3H3/t18-/m0/s1. The average Bonchev–Trinajstić information content (AvgIpc) is 3.16. The van der Waals surface area contributed by atoms with Crippen molar-refractivity contribution in [1.82, 2.24) is 14.7 Å². The Hall–Kier alpha value is -1.95. The molecule has 0 spiro atoms. The zero-order chi connectivity index (χ0) is 20.3. The first-order chi connectivity index (χ1) is 13.2. The number of piperazine rings is 1. The van der Waals surface area contributed by atoms with Crippen molar-refractivity contribution in [3.05, 3.63) is 35.6 Å². The SMILES string of the molecule is CC(C)(C)N1CC[C@H](C(=O)N2CCN(C(=O)CCc3cccc(F)c3)CC2)C1. The van der Waals surface area contributed by atoms with Crippen LogP contribution in [0.25, 0.3) is 0 Å². The van der Waals surface area contributed by atoms with E-state index in [1.165, 1.54) is 12.1 Å². The Labute approximate surface area is 167 Å². The molecule has 154 valence electrons. The second kappa shape index (κ2) is 8.60. The fraction of sp³-hybridized carbons (Fsp3) is 0.636. The molecule has 28 heavy (non-hydrogen) atoms. The molecule has 0 N–H and O–H groups in total. The van der Waals surface area contributed by atoms with E-state index in [4.69, 9.17) is 0 Å². The summed E-state index contributed by atoms with van der Waals surface area (Å²) in [5, 5.41) is 0. The van der Waals surface area contributed by atoms with E-state index in [1.54, 1.807) is 6.07 Å². The highest BCUT2D eigenvalue weighted by Crippen LogP contribution is 2.26. The molecule has 2 aliphatic heterocycles. The maximum atomic E-state index is 13.2. The number of halogens is 1. The summed E-state index contributed by atoms with van der Waals surface area (Å²) in [6, 6.07) is 6.40. The lowest BCUT2D eigenvalue weighted by Crippen LogP contribution is -2.52. The van der Waals surface area contributed by atoms with Gasteiger partial charge < -0.3 is 9.80 Å². The molecule has 1 atom stereocenters. The largest absolute Gasteiger partial charge is 0.339 e. The molecule has 0 saturated carbocycles. The van der Waals surface area contributed by atoms with Gasteiger partial charge in [0.05, 0.1) is 5.92 Å². The number of benzene rings is 1. The highest BCUT2D eigenvalue weighted by molar-refractivity contribution is 5.80. The van der Waals surface area contributed by atoms with Gasteiger partial charge >= 0.3 is 0 Å². The molecule has 0 radical (unpaired) electrons. The van der Waals surface area contributed by atoms with Crippen LogP contribution in [0.15, 0.2) is 24.3 Å². The van der Waals surface area contributed by atoms with Gasteiger partial charge in [-0.15, -0.1) is 0 Å². The molecule has 2 saturated heterocycles. The predicted octanol–water partition coefficient (Wildman–Crippen LogP) is 2.55. The van der Waals surface area contributed by atoms with E-state index in [2.05, 4.69) is 25.7 Å². The van der Waals surface area contributed by atoms with Gasteiger partial charge in [0, 0.05) is 44.7 Å². The predicted molar refractivity (Wildman–Crippen MR) is 107 cm³/mol. The first-order valence-electron chi connectivity index (χ1n) is 10.3. The normalized spacial score (nSPS) is 21.2. The fourth-order valence-electron chi connectivity index (χ4n) is 4.11. The number of hydrogen-bond donors (Lipinski definition) is 0. The van der Waals surface area contributed by atoms with Crippen molar-refractivity contribution < 1.29 is 14.0 Å². The third kappa shape index (κ3) is 5.10. The van der Waals surface area contributed by atoms with Gasteiger partial charge in [-0.25, -0.2) is 4.39 Å². The molecular weight excluding hydrogens is 357 g/mol. The molecule has 2 fully saturated rings. The smallest absolute Gasteiger partial charge is 0.227 e. The molecule has 2 heterocycles. The van der Waals surface area contributed by atoms with Crippen LogP contribution in [0, 0.1) is 11.7 Å². The lowest BCUT2D eigenvalue weighted by atomic mass is 10.1. The van der Waals surface area contributed by atoms with Gasteiger partial charge in [-0.2, -0.15) is 0 Å². The molecular formula is C22H32FN3O2. The lowest BCUT2D eigenvalue weighted by Gasteiger charge is -2.36. The van der Waals surface area contributed by atoms with E-state index in [-0.39, 0.29) is 29.1 Å². The van der Waals surface area contributed by atoms with Crippen molar-refractivity contribution in [3.8, 4) is 0 Å². The number of aryl methyl sites for hydroxylation is 1. The third-order valence-electron chi connectivity index (χ3n) is 5.95. The van der Waals surface area contributed by atoms with E-state index >= 15 is 0 Å². The van der Waals surface area contributed by atoms with Crippen molar-refractivity contribution in [2.45, 2.75) is 45.6 Å². The Bertz CT molecular complexity index is 708. The highest BCUT2D eigenvalue weighted by atomic mass is 19.1. The van der Waals surface area contributed by atoms with Crippen LogP contribution in [0.4, 0.5) is 4.39 Å². The minimum absolute atomic E-state index is 0.0782. The summed E-state index contributed by atoms with van der Waals surface area (Å²) in [7, 11) is 0. The summed E-state index contributed by atoms with van der Waals surface area (Å²) in [5.74, 6) is 0.123. The summed E-state index contributed by atoms with van der Waals surface area (Å²) in [6.45, 7) is 10.8. The number of amides is 2. The number of carbonyl (C=O) groups is 2. The molecule has 2 aliphatic rings. The van der Waals surface area contributed by atoms with Crippen LogP contribution < -0.4 is 0 Å². The zero-order valence-corrected chi connectivity index (χ0v) is 17.3. The fourth-order valence-corrected chi connectivity index (χ4v) is 4.11. The lowest BCUT2D eigenvalue weighted by molar-refractivity contribution is -0.142. The van der Waals surface area contributed by atoms with Gasteiger partial charge in [0.25, 0.3) is 0 Å². The number of nitrogens with zero attached hydrogens (tertiary/aromatic N) is 3. The second-order valence-electron chi connectivity index (χ2n) is 8.94. The van der Waals surface area contributed by atoms with Crippen molar-refractivity contribution in [3.63, 3.8) is 0 Å². The monoisotopic (exact) mass is 389 g/mol. The van der Waals surface area contributed by atoms with Gasteiger partial charge in [0.15, 0.2) is 0 Å². The van der Waals surface area contributed by atoms with Crippen molar-refractivity contribution >= 4 is 11.8 Å². The first kappa shape index (κ1) is 20.8. The van der Waals surface area contributed by atoms with Gasteiger partial charge in [-0.05, 0) is 57.9 Å². The van der Waals surface area contributed by atoms with Crippen molar-refractivity contribution in [2.75, 3.05) is 39.3 Å². The highest BCUT2D eigenvalue weighted by Gasteiger charge is 2.36. The quantitative estimate of drug-likeness (QED) is 0.795. The summed E-state index contributed by atoms with van der Waals surface area (Å²) >= 11 is 0. The van der Waals surface area contributed by atoms with E-state index < -0.39 is 0 Å². The number of likely N-dealkylation sites (tertiary alicyclic amines) is 1. The van der Waals surface area contributed by atoms with Crippen LogP contribution in [0.2, 0.25) is 0 Å². The van der Waals surface area contributed by atoms with Crippen LogP contribution in [0.3, 0.4) is 0 Å². The third-order valence-corrected chi connectivity index (χ3v) is 5.95. The summed E-state index contributed by atoms with van der Waals surface area (Å²) in [4.78, 5) is 31.4. The number of hydrogen-bond acceptors (Lipinski definition) is 3. The number of carbonyl (C=O) groups excluding carboxylic acids is 2. The Morgan fingerprint density at radius 2 is 1.75 bits per heavy atom. The Morgan fingerprint density at radius 3 is 2.36 bits per heavy atom. The molecule has 0 bridgehead atoms. The maximum absolute atomic E-state index is 13.2. The van der Waals surface area contributed by atoms with Gasteiger partial charge in [0.2, 0.25) is 11.8 Å². The minimum Gasteiger partial charge on any atom is -0.339 e. The van der Waals surface area contributed by atoms with Crippen LogP contribution in [0.1, 0.15) is 39.2 Å². The second-order valence-corrected chi connectivity index (χ2v) is 8.94.